The van der Waals surface area contributed by atoms with Crippen LogP contribution in [-0.4, -0.2) is 74.8 Å². The van der Waals surface area contributed by atoms with Crippen molar-refractivity contribution in [1.82, 2.24) is 15.2 Å². The van der Waals surface area contributed by atoms with Crippen LogP contribution in [0.25, 0.3) is 0 Å². The maximum Gasteiger partial charge on any atom is 0.251 e. The predicted octanol–water partition coefficient (Wildman–Crippen LogP) is 4.64. The van der Waals surface area contributed by atoms with Crippen LogP contribution < -0.4 is 25.2 Å². The van der Waals surface area contributed by atoms with Gasteiger partial charge < -0.3 is 30.1 Å². The summed E-state index contributed by atoms with van der Waals surface area (Å²) in [5.41, 5.74) is 2.60. The van der Waals surface area contributed by atoms with Crippen LogP contribution in [0.15, 0.2) is 30.3 Å². The van der Waals surface area contributed by atoms with Crippen molar-refractivity contribution >= 4 is 28.9 Å². The molecule has 0 radical (unpaired) electrons. The molecule has 1 atom stereocenters. The minimum atomic E-state index is -0.0489. The second-order valence-electron chi connectivity index (χ2n) is 10.9. The van der Waals surface area contributed by atoms with Crippen LogP contribution in [0, 0.1) is 0 Å². The molecule has 1 amide bonds. The molecule has 8 nitrogen and oxygen atoms in total. The van der Waals surface area contributed by atoms with E-state index in [0.717, 1.165) is 56.2 Å². The Kier molecular flexibility index (Phi) is 7.74. The predicted molar refractivity (Wildman–Crippen MR) is 151 cm³/mol. The lowest BCUT2D eigenvalue weighted by atomic mass is 10.0. The van der Waals surface area contributed by atoms with Crippen LogP contribution in [0.3, 0.4) is 0 Å². The van der Waals surface area contributed by atoms with Gasteiger partial charge in [0.15, 0.2) is 5.82 Å². The van der Waals surface area contributed by atoms with Crippen molar-refractivity contribution < 1.29 is 9.53 Å². The topological polar surface area (TPSA) is 73.0 Å². The monoisotopic (exact) mass is 506 g/mol. The Morgan fingerprint density at radius 2 is 1.84 bits per heavy atom. The van der Waals surface area contributed by atoms with Crippen LogP contribution in [0.5, 0.6) is 5.75 Å². The van der Waals surface area contributed by atoms with Gasteiger partial charge in [0.25, 0.3) is 5.91 Å². The number of likely N-dealkylation sites (N-methyl/N-ethyl adjacent to an activating group) is 1. The van der Waals surface area contributed by atoms with E-state index in [0.29, 0.717) is 23.4 Å². The number of aromatic nitrogens is 1. The Balaban J connectivity index is 1.35. The number of hydrogen-bond acceptors (Lipinski definition) is 7. The van der Waals surface area contributed by atoms with Gasteiger partial charge in [-0.2, -0.15) is 0 Å². The van der Waals surface area contributed by atoms with Gasteiger partial charge in [-0.25, -0.2) is 4.98 Å². The number of nitrogens with one attached hydrogen (secondary N) is 2. The number of hydrogen-bond donors (Lipinski definition) is 2. The van der Waals surface area contributed by atoms with Crippen molar-refractivity contribution in [1.29, 1.82) is 0 Å². The Morgan fingerprint density at radius 1 is 1.08 bits per heavy atom. The van der Waals surface area contributed by atoms with Crippen LogP contribution in [0.2, 0.25) is 0 Å². The zero-order valence-corrected chi connectivity index (χ0v) is 22.8. The average molecular weight is 507 g/mol. The number of carbonyl (C=O) groups excluding carboxylic acids is 1. The lowest BCUT2D eigenvalue weighted by Gasteiger charge is -2.45. The minimum absolute atomic E-state index is 0.0489. The maximum atomic E-state index is 12.9. The van der Waals surface area contributed by atoms with E-state index >= 15 is 0 Å². The summed E-state index contributed by atoms with van der Waals surface area (Å²) in [5, 5.41) is 6.66. The molecule has 3 heterocycles. The van der Waals surface area contributed by atoms with Crippen LogP contribution in [-0.2, 0) is 0 Å². The number of amides is 1. The molecule has 5 rings (SSSR count). The number of nitrogens with zero attached hydrogens (tertiary/aromatic N) is 4. The number of likely N-dealkylation sites (tertiary alicyclic amines) is 1. The highest BCUT2D eigenvalue weighted by molar-refractivity contribution is 5.95. The highest BCUT2D eigenvalue weighted by atomic mass is 16.5. The quantitative estimate of drug-likeness (QED) is 0.567. The Morgan fingerprint density at radius 3 is 2.54 bits per heavy atom. The number of carbonyl (C=O) groups is 1. The van der Waals surface area contributed by atoms with Gasteiger partial charge in [0.1, 0.15) is 11.6 Å². The molecule has 3 aliphatic rings. The molecule has 1 saturated heterocycles. The maximum absolute atomic E-state index is 12.9. The summed E-state index contributed by atoms with van der Waals surface area (Å²) >= 11 is 0. The number of fused-ring (bicyclic) bond motifs is 1. The summed E-state index contributed by atoms with van der Waals surface area (Å²) in [4.78, 5) is 25.3. The molecule has 0 spiro atoms. The molecule has 1 unspecified atom stereocenters. The zero-order chi connectivity index (χ0) is 25.9. The largest absolute Gasteiger partial charge is 0.495 e. The van der Waals surface area contributed by atoms with Crippen LogP contribution in [0.1, 0.15) is 62.2 Å². The molecular formula is C29H42N6O2. The normalized spacial score (nSPS) is 21.1. The third-order valence-electron chi connectivity index (χ3n) is 8.36. The van der Waals surface area contributed by atoms with Crippen molar-refractivity contribution in [2.75, 3.05) is 56.0 Å². The molecule has 1 aromatic carbocycles. The standard InChI is InChI=1S/C29H42N6O2/c1-5-22-19-34(3)25-12-13-27(32-28(25)35(22)23-8-6-7-9-23)31-24-11-10-20(18-26(24)37-4)29(36)30-21-14-16-33(2)17-15-21/h10-13,18,21-23H,5-9,14-17,19H2,1-4H3,(H,30,36)(H,31,32). The van der Waals surface area contributed by atoms with E-state index in [9.17, 15) is 4.79 Å². The van der Waals surface area contributed by atoms with Crippen molar-refractivity contribution in [2.45, 2.75) is 70.0 Å². The van der Waals surface area contributed by atoms with Crippen LogP contribution in [0.4, 0.5) is 23.0 Å². The molecule has 2 N–H and O–H groups in total. The SMILES string of the molecule is CCC1CN(C)c2ccc(Nc3ccc(C(=O)NC4CCN(C)CC4)cc3OC)nc2N1C1CCCC1. The third kappa shape index (κ3) is 5.49. The van der Waals surface area contributed by atoms with Gasteiger partial charge in [0, 0.05) is 37.3 Å². The van der Waals surface area contributed by atoms with Crippen molar-refractivity contribution in [3.63, 3.8) is 0 Å². The first-order chi connectivity index (χ1) is 18.0. The lowest BCUT2D eigenvalue weighted by molar-refractivity contribution is 0.0916. The lowest BCUT2D eigenvalue weighted by Crippen LogP contribution is -2.52. The number of anilines is 4. The summed E-state index contributed by atoms with van der Waals surface area (Å²) in [5.74, 6) is 2.44. The van der Waals surface area contributed by atoms with E-state index in [1.807, 2.05) is 24.3 Å². The Bertz CT molecular complexity index is 1090. The van der Waals surface area contributed by atoms with Crippen LogP contribution >= 0.6 is 0 Å². The molecular weight excluding hydrogens is 464 g/mol. The van der Waals surface area contributed by atoms with Gasteiger partial charge >= 0.3 is 0 Å². The molecule has 200 valence electrons. The third-order valence-corrected chi connectivity index (χ3v) is 8.36. The first kappa shape index (κ1) is 25.6. The average Bonchev–Trinajstić information content (AvgIpc) is 3.44. The summed E-state index contributed by atoms with van der Waals surface area (Å²) in [6, 6.07) is 11.1. The van der Waals surface area contributed by atoms with E-state index in [4.69, 9.17) is 9.72 Å². The smallest absolute Gasteiger partial charge is 0.251 e. The number of benzene rings is 1. The van der Waals surface area contributed by atoms with Gasteiger partial charge in [-0.1, -0.05) is 19.8 Å². The fourth-order valence-corrected chi connectivity index (χ4v) is 6.15. The molecule has 1 aromatic heterocycles. The van der Waals surface area contributed by atoms with Gasteiger partial charge in [-0.3, -0.25) is 4.79 Å². The van der Waals surface area contributed by atoms with E-state index in [-0.39, 0.29) is 11.9 Å². The number of methoxy groups -OCH3 is 1. The van der Waals surface area contributed by atoms with Crippen molar-refractivity contribution in [3.8, 4) is 5.75 Å². The number of pyridine rings is 1. The fraction of sp³-hybridized carbons (Fsp3) is 0.586. The molecule has 1 saturated carbocycles. The Labute approximate surface area is 221 Å². The highest BCUT2D eigenvalue weighted by Gasteiger charge is 2.35. The molecule has 2 aliphatic heterocycles. The zero-order valence-electron chi connectivity index (χ0n) is 22.8. The second-order valence-corrected chi connectivity index (χ2v) is 10.9. The molecule has 0 bridgehead atoms. The van der Waals surface area contributed by atoms with E-state index in [1.165, 1.54) is 31.4 Å². The van der Waals surface area contributed by atoms with Gasteiger partial charge in [-0.05, 0) is 82.6 Å². The number of ether oxygens (including phenoxy) is 1. The van der Waals surface area contributed by atoms with Crippen molar-refractivity contribution in [2.24, 2.45) is 0 Å². The summed E-state index contributed by atoms with van der Waals surface area (Å²) in [6.07, 6.45) is 8.16. The number of piperidine rings is 1. The summed E-state index contributed by atoms with van der Waals surface area (Å²) in [6.45, 7) is 5.34. The first-order valence-corrected chi connectivity index (χ1v) is 13.9. The van der Waals surface area contributed by atoms with E-state index in [2.05, 4.69) is 52.4 Å². The molecule has 37 heavy (non-hydrogen) atoms. The fourth-order valence-electron chi connectivity index (χ4n) is 6.15. The molecule has 2 aromatic rings. The van der Waals surface area contributed by atoms with E-state index in [1.54, 1.807) is 7.11 Å². The first-order valence-electron chi connectivity index (χ1n) is 13.9. The van der Waals surface area contributed by atoms with Gasteiger partial charge in [0.2, 0.25) is 0 Å². The molecule has 8 heteroatoms. The summed E-state index contributed by atoms with van der Waals surface area (Å²) in [7, 11) is 5.93. The highest BCUT2D eigenvalue weighted by Crippen LogP contribution is 2.40. The van der Waals surface area contributed by atoms with Gasteiger partial charge in [-0.15, -0.1) is 0 Å². The second kappa shape index (κ2) is 11.2. The minimum Gasteiger partial charge on any atom is -0.495 e. The van der Waals surface area contributed by atoms with Gasteiger partial charge in [0.05, 0.1) is 18.5 Å². The Hall–Kier alpha value is -3.00. The summed E-state index contributed by atoms with van der Waals surface area (Å²) < 4.78 is 5.68. The number of rotatable bonds is 7. The van der Waals surface area contributed by atoms with E-state index < -0.39 is 0 Å². The van der Waals surface area contributed by atoms with Crippen molar-refractivity contribution in [3.05, 3.63) is 35.9 Å². The molecule has 1 aliphatic carbocycles. The molecule has 2 fully saturated rings.